The van der Waals surface area contributed by atoms with Crippen molar-refractivity contribution in [2.45, 2.75) is 78.7 Å². The molecular formula is C38H42N8O3S2. The molecule has 0 bridgehead atoms. The second kappa shape index (κ2) is 15.5. The lowest BCUT2D eigenvalue weighted by Crippen LogP contribution is -2.26. The quantitative estimate of drug-likeness (QED) is 0.116. The third-order valence-corrected chi connectivity index (χ3v) is 10.2. The predicted octanol–water partition coefficient (Wildman–Crippen LogP) is 8.10. The summed E-state index contributed by atoms with van der Waals surface area (Å²) in [4.78, 5) is 45.0. The third-order valence-electron chi connectivity index (χ3n) is 8.63. The first-order valence-corrected chi connectivity index (χ1v) is 18.6. The van der Waals surface area contributed by atoms with Gasteiger partial charge in [-0.25, -0.2) is 9.97 Å². The first-order valence-electron chi connectivity index (χ1n) is 16.9. The van der Waals surface area contributed by atoms with Crippen LogP contribution in [0.15, 0.2) is 84.2 Å². The highest BCUT2D eigenvalue weighted by atomic mass is 32.1. The zero-order valence-corrected chi connectivity index (χ0v) is 31.2. The molecule has 0 saturated heterocycles. The van der Waals surface area contributed by atoms with Crippen LogP contribution in [0, 0.1) is 6.92 Å². The molecular weight excluding hydrogens is 681 g/mol. The van der Waals surface area contributed by atoms with E-state index in [-0.39, 0.29) is 23.8 Å². The van der Waals surface area contributed by atoms with Gasteiger partial charge in [-0.15, -0.1) is 22.7 Å². The normalized spacial score (nSPS) is 12.3. The van der Waals surface area contributed by atoms with Crippen molar-refractivity contribution in [2.75, 3.05) is 10.6 Å². The average molecular weight is 723 g/mol. The van der Waals surface area contributed by atoms with Crippen molar-refractivity contribution in [3.05, 3.63) is 129 Å². The summed E-state index contributed by atoms with van der Waals surface area (Å²) in [6.45, 7) is 13.2. The number of nitrogens with one attached hydrogen (secondary N) is 2. The lowest BCUT2D eigenvalue weighted by molar-refractivity contribution is -0.0623. The average Bonchev–Trinajstić information content (AvgIpc) is 3.92. The van der Waals surface area contributed by atoms with E-state index in [0.29, 0.717) is 34.7 Å². The molecule has 0 aliphatic carbocycles. The van der Waals surface area contributed by atoms with E-state index in [2.05, 4.69) is 34.4 Å². The van der Waals surface area contributed by atoms with E-state index in [0.717, 1.165) is 40.2 Å². The molecule has 264 valence electrons. The van der Waals surface area contributed by atoms with E-state index in [9.17, 15) is 9.59 Å². The Kier molecular flexibility index (Phi) is 10.9. The number of amides is 2. The van der Waals surface area contributed by atoms with Gasteiger partial charge in [-0.2, -0.15) is 0 Å². The number of aromatic nitrogens is 6. The van der Waals surface area contributed by atoms with Gasteiger partial charge in [0.15, 0.2) is 10.3 Å². The Morgan fingerprint density at radius 3 is 2.14 bits per heavy atom. The van der Waals surface area contributed by atoms with Crippen molar-refractivity contribution in [3.8, 4) is 0 Å². The SMILES string of the molecule is CCC(c1csc(NC(=O)c2cccn2Cc2ccncc2)n1)c1nccc(Cn2cccc2C(=O)Nc2nc(C(C)(C)OC(C)C)cs2)c1C. The number of carbonyl (C=O) groups is 2. The minimum atomic E-state index is -0.567. The van der Waals surface area contributed by atoms with E-state index in [1.165, 1.54) is 22.7 Å². The summed E-state index contributed by atoms with van der Waals surface area (Å²) < 4.78 is 9.87. The van der Waals surface area contributed by atoms with E-state index < -0.39 is 5.60 Å². The summed E-state index contributed by atoms with van der Waals surface area (Å²) in [6.07, 6.45) is 9.92. The van der Waals surface area contributed by atoms with Crippen LogP contribution < -0.4 is 10.6 Å². The first-order chi connectivity index (χ1) is 24.5. The van der Waals surface area contributed by atoms with E-state index in [4.69, 9.17) is 14.7 Å². The van der Waals surface area contributed by atoms with Gasteiger partial charge >= 0.3 is 0 Å². The summed E-state index contributed by atoms with van der Waals surface area (Å²) in [6, 6.07) is 13.2. The molecule has 13 heteroatoms. The minimum absolute atomic E-state index is 0.0488. The molecule has 2 amide bonds. The topological polar surface area (TPSA) is 129 Å². The van der Waals surface area contributed by atoms with Crippen molar-refractivity contribution >= 4 is 44.8 Å². The van der Waals surface area contributed by atoms with E-state index in [1.54, 1.807) is 18.5 Å². The number of anilines is 2. The van der Waals surface area contributed by atoms with Gasteiger partial charge in [0.05, 0.1) is 23.2 Å². The van der Waals surface area contributed by atoms with Crippen LogP contribution in [0.4, 0.5) is 10.3 Å². The van der Waals surface area contributed by atoms with Crippen molar-refractivity contribution in [1.29, 1.82) is 0 Å². The molecule has 1 atom stereocenters. The lowest BCUT2D eigenvalue weighted by Gasteiger charge is -2.25. The van der Waals surface area contributed by atoms with Gasteiger partial charge < -0.3 is 13.9 Å². The second-order valence-electron chi connectivity index (χ2n) is 13.0. The van der Waals surface area contributed by atoms with Crippen LogP contribution >= 0.6 is 22.7 Å². The summed E-state index contributed by atoms with van der Waals surface area (Å²) in [5.41, 5.74) is 6.20. The maximum Gasteiger partial charge on any atom is 0.274 e. The molecule has 0 aliphatic rings. The Labute approximate surface area is 305 Å². The van der Waals surface area contributed by atoms with Crippen LogP contribution in [0.25, 0.3) is 0 Å². The van der Waals surface area contributed by atoms with Crippen LogP contribution in [0.1, 0.15) is 102 Å². The van der Waals surface area contributed by atoms with Crippen LogP contribution in [-0.4, -0.2) is 47.0 Å². The Balaban J connectivity index is 1.14. The molecule has 1 unspecified atom stereocenters. The number of rotatable bonds is 14. The van der Waals surface area contributed by atoms with E-state index >= 15 is 0 Å². The molecule has 0 saturated carbocycles. The Bertz CT molecular complexity index is 2110. The van der Waals surface area contributed by atoms with Gasteiger partial charge in [0, 0.05) is 60.8 Å². The molecule has 0 aromatic carbocycles. The minimum Gasteiger partial charge on any atom is -0.367 e. The molecule has 0 radical (unpaired) electrons. The van der Waals surface area contributed by atoms with Gasteiger partial charge in [0.1, 0.15) is 17.0 Å². The van der Waals surface area contributed by atoms with Crippen LogP contribution in [0.5, 0.6) is 0 Å². The zero-order chi connectivity index (χ0) is 36.1. The van der Waals surface area contributed by atoms with Gasteiger partial charge in [-0.1, -0.05) is 6.92 Å². The van der Waals surface area contributed by atoms with Gasteiger partial charge in [0.25, 0.3) is 11.8 Å². The van der Waals surface area contributed by atoms with Crippen molar-refractivity contribution < 1.29 is 14.3 Å². The summed E-state index contributed by atoms with van der Waals surface area (Å²) in [7, 11) is 0. The summed E-state index contributed by atoms with van der Waals surface area (Å²) in [5.74, 6) is -0.522. The fourth-order valence-corrected chi connectivity index (χ4v) is 7.75. The maximum atomic E-state index is 13.4. The Morgan fingerprint density at radius 1 is 0.863 bits per heavy atom. The van der Waals surface area contributed by atoms with E-state index in [1.807, 2.05) is 103 Å². The largest absolute Gasteiger partial charge is 0.367 e. The molecule has 0 fully saturated rings. The van der Waals surface area contributed by atoms with Crippen molar-refractivity contribution in [2.24, 2.45) is 0 Å². The maximum absolute atomic E-state index is 13.4. The highest BCUT2D eigenvalue weighted by molar-refractivity contribution is 7.14. The molecule has 6 aromatic heterocycles. The zero-order valence-electron chi connectivity index (χ0n) is 29.6. The fraction of sp³-hybridized carbons (Fsp3) is 0.316. The third kappa shape index (κ3) is 8.33. The smallest absolute Gasteiger partial charge is 0.274 e. The van der Waals surface area contributed by atoms with Gasteiger partial charge in [-0.3, -0.25) is 30.2 Å². The Hall–Kier alpha value is -4.98. The number of pyridine rings is 2. The fourth-order valence-electron chi connectivity index (χ4n) is 6.13. The summed E-state index contributed by atoms with van der Waals surface area (Å²) >= 11 is 2.78. The van der Waals surface area contributed by atoms with Crippen LogP contribution in [0.2, 0.25) is 0 Å². The molecule has 6 aromatic rings. The van der Waals surface area contributed by atoms with Crippen molar-refractivity contribution in [3.63, 3.8) is 0 Å². The van der Waals surface area contributed by atoms with Crippen LogP contribution in [-0.2, 0) is 23.4 Å². The number of carbonyl (C=O) groups excluding carboxylic acids is 2. The van der Waals surface area contributed by atoms with Crippen molar-refractivity contribution in [1.82, 2.24) is 29.1 Å². The summed E-state index contributed by atoms with van der Waals surface area (Å²) in [5, 5.41) is 10.9. The molecule has 6 rings (SSSR count). The highest BCUT2D eigenvalue weighted by Gasteiger charge is 2.27. The number of nitrogens with zero attached hydrogens (tertiary/aromatic N) is 6. The standard InChI is InChI=1S/C38H42N8O3S2/c1-7-28(29-22-50-36(41-29)43-34(47)30-10-8-18-45(30)20-26-12-15-39-16-13-26)33-25(4)27(14-17-40-33)21-46-19-9-11-31(46)35(48)44-37-42-32(23-51-37)38(5,6)49-24(2)3/h8-19,22-24,28H,7,20-21H2,1-6H3,(H,41,43,47)(H,42,44,48). The predicted molar refractivity (Wildman–Crippen MR) is 202 cm³/mol. The lowest BCUT2D eigenvalue weighted by atomic mass is 9.93. The molecule has 0 spiro atoms. The first kappa shape index (κ1) is 35.8. The molecule has 2 N–H and O–H groups in total. The number of ether oxygens (including phenoxy) is 1. The van der Waals surface area contributed by atoms with Gasteiger partial charge in [-0.05, 0) is 100 Å². The molecule has 51 heavy (non-hydrogen) atoms. The number of thiazole rings is 2. The number of hydrogen-bond donors (Lipinski definition) is 2. The highest BCUT2D eigenvalue weighted by Crippen LogP contribution is 2.33. The monoisotopic (exact) mass is 722 g/mol. The second-order valence-corrected chi connectivity index (χ2v) is 14.8. The number of hydrogen-bond acceptors (Lipinski definition) is 9. The molecule has 11 nitrogen and oxygen atoms in total. The Morgan fingerprint density at radius 2 is 1.49 bits per heavy atom. The van der Waals surface area contributed by atoms with Gasteiger partial charge in [0.2, 0.25) is 0 Å². The molecule has 0 aliphatic heterocycles. The van der Waals surface area contributed by atoms with Crippen LogP contribution in [0.3, 0.4) is 0 Å². The molecule has 6 heterocycles.